The highest BCUT2D eigenvalue weighted by Crippen LogP contribution is 2.44. The number of hydrogen-bond acceptors (Lipinski definition) is 3. The molecular weight excluding hydrogens is 358 g/mol. The van der Waals surface area contributed by atoms with Gasteiger partial charge in [0.05, 0.1) is 20.3 Å². The summed E-state index contributed by atoms with van der Waals surface area (Å²) in [6, 6.07) is 13.5. The van der Waals surface area contributed by atoms with Gasteiger partial charge in [0, 0.05) is 17.6 Å². The van der Waals surface area contributed by atoms with Gasteiger partial charge in [-0.2, -0.15) is 0 Å². The Labute approximate surface area is 167 Å². The van der Waals surface area contributed by atoms with Gasteiger partial charge in [-0.05, 0) is 72.6 Å². The minimum absolute atomic E-state index is 0.211. The topological polar surface area (TPSA) is 21.7 Å². The largest absolute Gasteiger partial charge is 0.493 e. The van der Waals surface area contributed by atoms with Crippen molar-refractivity contribution < 1.29 is 9.47 Å². The van der Waals surface area contributed by atoms with E-state index >= 15 is 0 Å². The van der Waals surface area contributed by atoms with E-state index < -0.39 is 0 Å². The van der Waals surface area contributed by atoms with Crippen molar-refractivity contribution >= 4 is 11.6 Å². The summed E-state index contributed by atoms with van der Waals surface area (Å²) >= 11 is 6.36. The van der Waals surface area contributed by atoms with Gasteiger partial charge in [-0.1, -0.05) is 30.7 Å². The lowest BCUT2D eigenvalue weighted by molar-refractivity contribution is 0.145. The summed E-state index contributed by atoms with van der Waals surface area (Å²) in [5, 5.41) is 0.792. The lowest BCUT2D eigenvalue weighted by Crippen LogP contribution is -2.42. The zero-order valence-corrected chi connectivity index (χ0v) is 17.1. The summed E-state index contributed by atoms with van der Waals surface area (Å²) in [5.41, 5.74) is 3.93. The fraction of sp³-hybridized carbons (Fsp3) is 0.478. The third-order valence-corrected chi connectivity index (χ3v) is 6.45. The van der Waals surface area contributed by atoms with Crippen molar-refractivity contribution in [2.24, 2.45) is 5.92 Å². The lowest BCUT2D eigenvalue weighted by atomic mass is 9.86. The van der Waals surface area contributed by atoms with Gasteiger partial charge in [-0.25, -0.2) is 0 Å². The Balaban J connectivity index is 1.82. The van der Waals surface area contributed by atoms with Gasteiger partial charge in [-0.15, -0.1) is 0 Å². The van der Waals surface area contributed by atoms with Crippen LogP contribution in [0, 0.1) is 5.92 Å². The highest BCUT2D eigenvalue weighted by molar-refractivity contribution is 6.30. The van der Waals surface area contributed by atoms with Crippen LogP contribution >= 0.6 is 11.6 Å². The first-order valence-electron chi connectivity index (χ1n) is 9.86. The Morgan fingerprint density at radius 2 is 1.81 bits per heavy atom. The number of ether oxygens (including phenoxy) is 2. The molecule has 0 spiro atoms. The molecule has 4 heteroatoms. The molecule has 0 aromatic heterocycles. The SMILES string of the molecule is COc1cc2c(cc1OC)C(c1cccc(Cl)c1)N(C1CCC(C)C1)CC2. The van der Waals surface area contributed by atoms with Crippen LogP contribution in [0.5, 0.6) is 11.5 Å². The van der Waals surface area contributed by atoms with Crippen molar-refractivity contribution in [2.45, 2.75) is 44.7 Å². The molecule has 4 rings (SSSR count). The van der Waals surface area contributed by atoms with Crippen molar-refractivity contribution in [3.05, 3.63) is 58.1 Å². The van der Waals surface area contributed by atoms with Crippen LogP contribution in [0.2, 0.25) is 5.02 Å². The molecule has 2 aromatic carbocycles. The van der Waals surface area contributed by atoms with E-state index in [2.05, 4.69) is 42.2 Å². The molecule has 1 saturated carbocycles. The maximum atomic E-state index is 6.36. The number of halogens is 1. The summed E-state index contributed by atoms with van der Waals surface area (Å²) in [6.07, 6.45) is 4.92. The third-order valence-electron chi connectivity index (χ3n) is 6.21. The van der Waals surface area contributed by atoms with E-state index in [0.717, 1.165) is 35.4 Å². The number of nitrogens with zero attached hydrogens (tertiary/aromatic N) is 1. The molecule has 0 bridgehead atoms. The minimum atomic E-state index is 0.211. The lowest BCUT2D eigenvalue weighted by Gasteiger charge is -2.42. The number of rotatable bonds is 4. The minimum Gasteiger partial charge on any atom is -0.493 e. The van der Waals surface area contributed by atoms with Gasteiger partial charge in [0.2, 0.25) is 0 Å². The predicted molar refractivity (Wildman–Crippen MR) is 110 cm³/mol. The first-order valence-corrected chi connectivity index (χ1v) is 10.2. The van der Waals surface area contributed by atoms with Crippen LogP contribution in [0.4, 0.5) is 0 Å². The van der Waals surface area contributed by atoms with Gasteiger partial charge in [0.25, 0.3) is 0 Å². The molecular formula is C23H28ClNO2. The van der Waals surface area contributed by atoms with Crippen molar-refractivity contribution in [1.29, 1.82) is 0 Å². The van der Waals surface area contributed by atoms with E-state index in [0.29, 0.717) is 6.04 Å². The summed E-state index contributed by atoms with van der Waals surface area (Å²) in [4.78, 5) is 2.70. The summed E-state index contributed by atoms with van der Waals surface area (Å²) in [7, 11) is 3.41. The zero-order valence-electron chi connectivity index (χ0n) is 16.4. The highest BCUT2D eigenvalue weighted by atomic mass is 35.5. The molecule has 0 N–H and O–H groups in total. The number of methoxy groups -OCH3 is 2. The molecule has 3 atom stereocenters. The fourth-order valence-corrected chi connectivity index (χ4v) is 5.08. The summed E-state index contributed by atoms with van der Waals surface area (Å²) < 4.78 is 11.2. The molecule has 0 saturated heterocycles. The zero-order chi connectivity index (χ0) is 19.0. The van der Waals surface area contributed by atoms with Crippen LogP contribution in [0.15, 0.2) is 36.4 Å². The Bertz CT molecular complexity index is 822. The molecule has 2 aromatic rings. The maximum absolute atomic E-state index is 6.36. The van der Waals surface area contributed by atoms with Crippen molar-refractivity contribution in [3.8, 4) is 11.5 Å². The second-order valence-electron chi connectivity index (χ2n) is 7.92. The molecule has 3 unspecified atom stereocenters. The van der Waals surface area contributed by atoms with Gasteiger partial charge in [-0.3, -0.25) is 4.90 Å². The maximum Gasteiger partial charge on any atom is 0.161 e. The normalized spacial score (nSPS) is 25.3. The molecule has 144 valence electrons. The van der Waals surface area contributed by atoms with Crippen molar-refractivity contribution in [3.63, 3.8) is 0 Å². The van der Waals surface area contributed by atoms with Crippen LogP contribution in [0.1, 0.15) is 48.9 Å². The average Bonchev–Trinajstić information content (AvgIpc) is 3.12. The van der Waals surface area contributed by atoms with E-state index in [1.807, 2.05) is 6.07 Å². The smallest absolute Gasteiger partial charge is 0.161 e. The van der Waals surface area contributed by atoms with Crippen LogP contribution in [0.3, 0.4) is 0 Å². The van der Waals surface area contributed by atoms with Gasteiger partial charge < -0.3 is 9.47 Å². The van der Waals surface area contributed by atoms with Crippen LogP contribution < -0.4 is 9.47 Å². The van der Waals surface area contributed by atoms with E-state index in [1.165, 1.54) is 36.0 Å². The van der Waals surface area contributed by atoms with Crippen LogP contribution in [-0.4, -0.2) is 31.7 Å². The van der Waals surface area contributed by atoms with Gasteiger partial charge >= 0.3 is 0 Å². The molecule has 27 heavy (non-hydrogen) atoms. The molecule has 0 amide bonds. The predicted octanol–water partition coefficient (Wildman–Crippen LogP) is 5.49. The molecule has 1 aliphatic carbocycles. The molecule has 2 aliphatic rings. The second-order valence-corrected chi connectivity index (χ2v) is 8.36. The molecule has 1 fully saturated rings. The number of fused-ring (bicyclic) bond motifs is 1. The second kappa shape index (κ2) is 7.73. The Hall–Kier alpha value is -1.71. The highest BCUT2D eigenvalue weighted by Gasteiger charge is 2.37. The Kier molecular flexibility index (Phi) is 5.34. The monoisotopic (exact) mass is 385 g/mol. The van der Waals surface area contributed by atoms with Crippen molar-refractivity contribution in [2.75, 3.05) is 20.8 Å². The van der Waals surface area contributed by atoms with E-state index in [1.54, 1.807) is 14.2 Å². The van der Waals surface area contributed by atoms with Crippen molar-refractivity contribution in [1.82, 2.24) is 4.90 Å². The van der Waals surface area contributed by atoms with E-state index in [4.69, 9.17) is 21.1 Å². The van der Waals surface area contributed by atoms with Gasteiger partial charge in [0.15, 0.2) is 11.5 Å². The van der Waals surface area contributed by atoms with Crippen LogP contribution in [-0.2, 0) is 6.42 Å². The number of hydrogen-bond donors (Lipinski definition) is 0. The quantitative estimate of drug-likeness (QED) is 0.694. The molecule has 1 aliphatic heterocycles. The number of benzene rings is 2. The first kappa shape index (κ1) is 18.6. The summed E-state index contributed by atoms with van der Waals surface area (Å²) in [6.45, 7) is 3.44. The Morgan fingerprint density at radius 3 is 2.48 bits per heavy atom. The van der Waals surface area contributed by atoms with E-state index in [9.17, 15) is 0 Å². The first-order chi connectivity index (χ1) is 13.1. The van der Waals surface area contributed by atoms with Crippen LogP contribution in [0.25, 0.3) is 0 Å². The fourth-order valence-electron chi connectivity index (χ4n) is 4.88. The summed E-state index contributed by atoms with van der Waals surface area (Å²) in [5.74, 6) is 2.41. The Morgan fingerprint density at radius 1 is 1.04 bits per heavy atom. The average molecular weight is 386 g/mol. The molecule has 3 nitrogen and oxygen atoms in total. The molecule has 0 radical (unpaired) electrons. The molecule has 1 heterocycles. The third kappa shape index (κ3) is 3.55. The van der Waals surface area contributed by atoms with Gasteiger partial charge in [0.1, 0.15) is 0 Å². The van der Waals surface area contributed by atoms with E-state index in [-0.39, 0.29) is 6.04 Å². The standard InChI is InChI=1S/C23H28ClNO2/c1-15-7-8-19(11-15)25-10-9-16-13-21(26-2)22(27-3)14-20(16)23(25)17-5-4-6-18(24)12-17/h4-6,12-15,19,23H,7-11H2,1-3H3.